The van der Waals surface area contributed by atoms with Gasteiger partial charge in [-0.1, -0.05) is 50.6 Å². The number of aryl methyl sites for hydroxylation is 1. The molecular weight excluding hydrogens is 322 g/mol. The average Bonchev–Trinajstić information content (AvgIpc) is 2.50. The summed E-state index contributed by atoms with van der Waals surface area (Å²) >= 11 is 5.98. The number of anilines is 1. The first-order valence-electron chi connectivity index (χ1n) is 8.01. The molecule has 0 heterocycles. The van der Waals surface area contributed by atoms with Gasteiger partial charge in [0.2, 0.25) is 0 Å². The van der Waals surface area contributed by atoms with Gasteiger partial charge < -0.3 is 10.1 Å². The normalized spacial score (nSPS) is 12.6. The van der Waals surface area contributed by atoms with Crippen LogP contribution in [0.15, 0.2) is 42.5 Å². The summed E-state index contributed by atoms with van der Waals surface area (Å²) in [4.78, 5) is 12.3. The summed E-state index contributed by atoms with van der Waals surface area (Å²) in [7, 11) is 0. The highest BCUT2D eigenvalue weighted by molar-refractivity contribution is 6.31. The summed E-state index contributed by atoms with van der Waals surface area (Å²) in [5.74, 6) is 0.466. The van der Waals surface area contributed by atoms with Crippen LogP contribution in [-0.2, 0) is 10.2 Å². The molecule has 1 N–H and O–H groups in total. The highest BCUT2D eigenvalue weighted by atomic mass is 35.5. The van der Waals surface area contributed by atoms with Crippen molar-refractivity contribution in [3.8, 4) is 5.75 Å². The average molecular weight is 346 g/mol. The van der Waals surface area contributed by atoms with E-state index in [-0.39, 0.29) is 11.3 Å². The number of hydrogen-bond donors (Lipinski definition) is 1. The molecule has 2 aromatic carbocycles. The van der Waals surface area contributed by atoms with Crippen LogP contribution in [0, 0.1) is 6.92 Å². The van der Waals surface area contributed by atoms with Gasteiger partial charge in [0.15, 0.2) is 6.10 Å². The maximum Gasteiger partial charge on any atom is 0.265 e. The predicted molar refractivity (Wildman–Crippen MR) is 100 cm³/mol. The molecule has 3 nitrogen and oxygen atoms in total. The van der Waals surface area contributed by atoms with Crippen LogP contribution in [0.1, 0.15) is 38.8 Å². The van der Waals surface area contributed by atoms with E-state index < -0.39 is 6.10 Å². The van der Waals surface area contributed by atoms with Crippen LogP contribution in [-0.4, -0.2) is 12.0 Å². The van der Waals surface area contributed by atoms with Gasteiger partial charge in [0.1, 0.15) is 5.75 Å². The van der Waals surface area contributed by atoms with Crippen molar-refractivity contribution in [2.75, 3.05) is 5.32 Å². The van der Waals surface area contributed by atoms with Crippen molar-refractivity contribution in [1.29, 1.82) is 0 Å². The molecular formula is C20H24ClNO2. The Balaban J connectivity index is 2.02. The van der Waals surface area contributed by atoms with E-state index in [0.29, 0.717) is 16.5 Å². The number of amides is 1. The van der Waals surface area contributed by atoms with E-state index in [2.05, 4.69) is 26.1 Å². The summed E-state index contributed by atoms with van der Waals surface area (Å²) in [6.45, 7) is 10.1. The van der Waals surface area contributed by atoms with Crippen LogP contribution in [0.3, 0.4) is 0 Å². The summed E-state index contributed by atoms with van der Waals surface area (Å²) < 4.78 is 5.74. The van der Waals surface area contributed by atoms with E-state index in [0.717, 1.165) is 5.56 Å². The zero-order valence-electron chi connectivity index (χ0n) is 14.8. The molecule has 4 heteroatoms. The number of ether oxygens (including phenoxy) is 1. The van der Waals surface area contributed by atoms with Gasteiger partial charge in [-0.3, -0.25) is 4.79 Å². The summed E-state index contributed by atoms with van der Waals surface area (Å²) in [5.41, 5.74) is 2.97. The third-order valence-electron chi connectivity index (χ3n) is 3.86. The van der Waals surface area contributed by atoms with Crippen molar-refractivity contribution < 1.29 is 9.53 Å². The van der Waals surface area contributed by atoms with Crippen LogP contribution in [0.2, 0.25) is 5.02 Å². The van der Waals surface area contributed by atoms with Gasteiger partial charge >= 0.3 is 0 Å². The Morgan fingerprint density at radius 3 is 2.33 bits per heavy atom. The molecule has 1 atom stereocenters. The minimum atomic E-state index is -0.608. The molecule has 0 radical (unpaired) electrons. The Hall–Kier alpha value is -2.00. The van der Waals surface area contributed by atoms with E-state index in [1.165, 1.54) is 5.56 Å². The van der Waals surface area contributed by atoms with Crippen LogP contribution >= 0.6 is 11.6 Å². The fourth-order valence-corrected chi connectivity index (χ4v) is 2.43. The van der Waals surface area contributed by atoms with Crippen LogP contribution in [0.5, 0.6) is 5.75 Å². The lowest BCUT2D eigenvalue weighted by Gasteiger charge is -2.20. The van der Waals surface area contributed by atoms with Gasteiger partial charge in [-0.05, 0) is 54.7 Å². The standard InChI is InChI=1S/C20H24ClNO2/c1-13-6-9-16(21)12-18(13)22-19(23)14(2)24-17-10-7-15(8-11-17)20(3,4)5/h6-12,14H,1-5H3,(H,22,23). The second kappa shape index (κ2) is 7.27. The number of carbonyl (C=O) groups is 1. The minimum absolute atomic E-state index is 0.0889. The second-order valence-corrected chi connectivity index (χ2v) is 7.42. The first-order chi connectivity index (χ1) is 11.2. The maximum atomic E-state index is 12.3. The lowest BCUT2D eigenvalue weighted by Crippen LogP contribution is -2.30. The van der Waals surface area contributed by atoms with E-state index in [4.69, 9.17) is 16.3 Å². The van der Waals surface area contributed by atoms with Crippen LogP contribution < -0.4 is 10.1 Å². The zero-order chi connectivity index (χ0) is 17.9. The molecule has 1 amide bonds. The molecule has 2 rings (SSSR count). The highest BCUT2D eigenvalue weighted by Gasteiger charge is 2.17. The molecule has 1 unspecified atom stereocenters. The number of carbonyl (C=O) groups excluding carboxylic acids is 1. The smallest absolute Gasteiger partial charge is 0.265 e. The predicted octanol–water partition coefficient (Wildman–Crippen LogP) is 5.35. The molecule has 0 bridgehead atoms. The van der Waals surface area contributed by atoms with E-state index >= 15 is 0 Å². The largest absolute Gasteiger partial charge is 0.481 e. The van der Waals surface area contributed by atoms with Crippen molar-refractivity contribution in [3.63, 3.8) is 0 Å². The van der Waals surface area contributed by atoms with Gasteiger partial charge in [0.25, 0.3) is 5.91 Å². The highest BCUT2D eigenvalue weighted by Crippen LogP contribution is 2.25. The number of nitrogens with one attached hydrogen (secondary N) is 1. The number of benzene rings is 2. The molecule has 0 spiro atoms. The Labute approximate surface area is 149 Å². The second-order valence-electron chi connectivity index (χ2n) is 6.98. The van der Waals surface area contributed by atoms with Gasteiger partial charge in [-0.2, -0.15) is 0 Å². The fraction of sp³-hybridized carbons (Fsp3) is 0.350. The molecule has 0 aliphatic carbocycles. The Bertz CT molecular complexity index is 717. The van der Waals surface area contributed by atoms with Crippen molar-refractivity contribution in [3.05, 3.63) is 58.6 Å². The lowest BCUT2D eigenvalue weighted by atomic mass is 9.87. The quantitative estimate of drug-likeness (QED) is 0.810. The number of halogens is 1. The van der Waals surface area contributed by atoms with Gasteiger partial charge in [0.05, 0.1) is 0 Å². The van der Waals surface area contributed by atoms with E-state index in [9.17, 15) is 4.79 Å². The topological polar surface area (TPSA) is 38.3 Å². The third kappa shape index (κ3) is 4.75. The molecule has 0 aliphatic rings. The molecule has 0 saturated carbocycles. The fourth-order valence-electron chi connectivity index (χ4n) is 2.25. The molecule has 0 saturated heterocycles. The number of hydrogen-bond acceptors (Lipinski definition) is 2. The van der Waals surface area contributed by atoms with Gasteiger partial charge in [0, 0.05) is 10.7 Å². The molecule has 24 heavy (non-hydrogen) atoms. The zero-order valence-corrected chi connectivity index (χ0v) is 15.6. The third-order valence-corrected chi connectivity index (χ3v) is 4.10. The van der Waals surface area contributed by atoms with Crippen LogP contribution in [0.25, 0.3) is 0 Å². The lowest BCUT2D eigenvalue weighted by molar-refractivity contribution is -0.122. The van der Waals surface area contributed by atoms with E-state index in [1.807, 2.05) is 37.3 Å². The molecule has 2 aromatic rings. The Morgan fingerprint density at radius 1 is 1.12 bits per heavy atom. The monoisotopic (exact) mass is 345 g/mol. The molecule has 0 aliphatic heterocycles. The van der Waals surface area contributed by atoms with Crippen LogP contribution in [0.4, 0.5) is 5.69 Å². The van der Waals surface area contributed by atoms with Crippen molar-refractivity contribution >= 4 is 23.2 Å². The van der Waals surface area contributed by atoms with Crippen molar-refractivity contribution in [2.45, 2.75) is 46.1 Å². The molecule has 0 fully saturated rings. The molecule has 0 aromatic heterocycles. The Morgan fingerprint density at radius 2 is 1.75 bits per heavy atom. The van der Waals surface area contributed by atoms with Gasteiger partial charge in [-0.25, -0.2) is 0 Å². The first-order valence-corrected chi connectivity index (χ1v) is 8.39. The summed E-state index contributed by atoms with van der Waals surface area (Å²) in [6.07, 6.45) is -0.608. The van der Waals surface area contributed by atoms with Crippen molar-refractivity contribution in [1.82, 2.24) is 0 Å². The minimum Gasteiger partial charge on any atom is -0.481 e. The first kappa shape index (κ1) is 18.3. The van der Waals surface area contributed by atoms with Crippen molar-refractivity contribution in [2.24, 2.45) is 0 Å². The number of rotatable bonds is 4. The molecule has 128 valence electrons. The summed E-state index contributed by atoms with van der Waals surface area (Å²) in [6, 6.07) is 13.3. The van der Waals surface area contributed by atoms with Gasteiger partial charge in [-0.15, -0.1) is 0 Å². The SMILES string of the molecule is Cc1ccc(Cl)cc1NC(=O)C(C)Oc1ccc(C(C)(C)C)cc1. The Kier molecular flexibility index (Phi) is 5.55. The maximum absolute atomic E-state index is 12.3. The summed E-state index contributed by atoms with van der Waals surface area (Å²) in [5, 5.41) is 3.44. The van der Waals surface area contributed by atoms with E-state index in [1.54, 1.807) is 19.1 Å².